The van der Waals surface area contributed by atoms with E-state index in [1.807, 2.05) is 35.9 Å². The molecule has 2 bridgehead atoms. The highest BCUT2D eigenvalue weighted by Crippen LogP contribution is 2.77. The van der Waals surface area contributed by atoms with Crippen LogP contribution in [0.25, 0.3) is 185 Å². The molecule has 6 nitrogen and oxygen atoms in total. The first-order valence-electron chi connectivity index (χ1n) is 40.6. The number of carbonyl (C=O) groups excluding carboxylic acids is 2. The lowest BCUT2D eigenvalue weighted by Crippen LogP contribution is -2.35. The lowest BCUT2D eigenvalue weighted by Gasteiger charge is -2.41. The maximum absolute atomic E-state index is 12.9. The van der Waals surface area contributed by atoms with Crippen molar-refractivity contribution in [3.8, 4) is 0 Å². The number of esters is 2. The second kappa shape index (κ2) is 17.2. The van der Waals surface area contributed by atoms with Gasteiger partial charge in [0.1, 0.15) is 0 Å². The number of ether oxygens (including phenoxy) is 2. The molecule has 0 heterocycles. The highest BCUT2D eigenvalue weighted by atomic mass is 16.5. The largest absolute Gasteiger partial charge is 0.469 e. The third kappa shape index (κ3) is 5.12. The van der Waals surface area contributed by atoms with Crippen molar-refractivity contribution in [2.45, 2.75) is 73.5 Å². The predicted molar refractivity (Wildman–Crippen MR) is 440 cm³/mol. The Bertz CT molecular complexity index is 8490. The molecule has 19 aromatic carbocycles. The molecule has 19 aromatic rings. The molecule has 510 valence electrons. The maximum Gasteiger partial charge on any atom is 0.305 e. The van der Waals surface area contributed by atoms with Gasteiger partial charge in [-0.3, -0.25) is 9.59 Å². The fourth-order valence-corrected chi connectivity index (χ4v) is 30.4. The number of carbonyl (C=O) groups is 2. The van der Waals surface area contributed by atoms with Gasteiger partial charge in [-0.05, 0) is 333 Å². The summed E-state index contributed by atoms with van der Waals surface area (Å²) in [6.45, 7) is 0. The lowest BCUT2D eigenvalue weighted by molar-refractivity contribution is -0.141. The van der Waals surface area contributed by atoms with Crippen LogP contribution in [0.2, 0.25) is 0 Å². The molecule has 0 saturated heterocycles. The molecule has 15 aliphatic carbocycles. The Morgan fingerprint density at radius 3 is 1.60 bits per heavy atom. The molecule has 0 aliphatic heterocycles. The van der Waals surface area contributed by atoms with Gasteiger partial charge in [-0.25, -0.2) is 0 Å². The van der Waals surface area contributed by atoms with Gasteiger partial charge in [-0.2, -0.15) is 4.79 Å². The molecule has 6 heteroatoms. The first-order chi connectivity index (χ1) is 54.4. The van der Waals surface area contributed by atoms with E-state index in [9.17, 15) is 9.59 Å². The highest BCUT2D eigenvalue weighted by Gasteiger charge is 2.64. The number of rotatable bonds is 10. The van der Waals surface area contributed by atoms with E-state index < -0.39 is 5.41 Å². The molecule has 13 unspecified atom stereocenters. The van der Waals surface area contributed by atoms with Gasteiger partial charge in [0.2, 0.25) is 0 Å². The number of methoxy groups -OCH3 is 2. The van der Waals surface area contributed by atoms with Crippen LogP contribution in [0.4, 0.5) is 0 Å². The minimum atomic E-state index is -0.435. The van der Waals surface area contributed by atoms with E-state index in [0.717, 1.165) is 18.4 Å². The Labute approximate surface area is 625 Å². The first-order valence-corrected chi connectivity index (χ1v) is 40.6. The number of hydrogen-bond acceptors (Lipinski definition) is 4. The number of nitrogens with zero attached hydrogens (tertiary/aromatic N) is 2. The van der Waals surface area contributed by atoms with Crippen molar-refractivity contribution in [1.29, 1.82) is 0 Å². The summed E-state index contributed by atoms with van der Waals surface area (Å²) >= 11 is 0. The zero-order valence-corrected chi connectivity index (χ0v) is 60.0. The van der Waals surface area contributed by atoms with Crippen LogP contribution in [0, 0.1) is 51.9 Å². The van der Waals surface area contributed by atoms with E-state index in [4.69, 9.17) is 10.3 Å². The number of hydrogen-bond donors (Lipinski definition) is 0. The molecule has 0 N–H and O–H groups in total. The van der Waals surface area contributed by atoms with Crippen LogP contribution >= 0.6 is 0 Å². The summed E-state index contributed by atoms with van der Waals surface area (Å²) in [6.07, 6.45) is 24.6. The van der Waals surface area contributed by atoms with Gasteiger partial charge in [0.25, 0.3) is 5.71 Å². The molecule has 0 amide bonds. The molecule has 110 heavy (non-hydrogen) atoms. The molecule has 0 aromatic heterocycles. The average Bonchev–Trinajstić information content (AvgIpc) is 1.44. The SMILES string of the molecule is C1=CC2C3C4=c5c6c7c8c(ccc9c%10ccc%11c%12ccc%13c1c3c1c5c3c6c(c89)c%10c%11c3c%12c%131)C1C=CC2C4C71.COC(=O)CCCC(=[N+]=[N-])c1ccccc1.COC(=O)CCCC1(c2ccccc2)c2c3c4ccc2=c2ccc5c6ccc7c8c9c%10c%11c(c%12c1c2c5c(c%12%10)c86)C3=C1C=4C=CC2C1C=%11C1C2C=CC7C91. The van der Waals surface area contributed by atoms with E-state index in [0.29, 0.717) is 102 Å². The van der Waals surface area contributed by atoms with Crippen molar-refractivity contribution in [2.24, 2.45) is 41.4 Å². The summed E-state index contributed by atoms with van der Waals surface area (Å²) in [4.78, 5) is 27.1. The monoisotopic (exact) mass is 1400 g/mol. The van der Waals surface area contributed by atoms with Gasteiger partial charge >= 0.3 is 11.9 Å². The molecule has 2 saturated carbocycles. The second-order valence-electron chi connectivity index (χ2n) is 35.9. The van der Waals surface area contributed by atoms with Crippen LogP contribution in [0.1, 0.15) is 135 Å². The van der Waals surface area contributed by atoms with Gasteiger partial charge < -0.3 is 15.0 Å². The molecular formula is C104H60N2O4. The van der Waals surface area contributed by atoms with Gasteiger partial charge in [-0.15, -0.1) is 0 Å². The quantitative estimate of drug-likeness (QED) is 0.0341. The van der Waals surface area contributed by atoms with Gasteiger partial charge in [0.05, 0.1) is 26.2 Å². The van der Waals surface area contributed by atoms with Crippen molar-refractivity contribution in [3.63, 3.8) is 0 Å². The van der Waals surface area contributed by atoms with Crippen molar-refractivity contribution < 1.29 is 23.9 Å². The van der Waals surface area contributed by atoms with Crippen LogP contribution in [0.15, 0.2) is 182 Å². The summed E-state index contributed by atoms with van der Waals surface area (Å²) in [5.74, 6) is 6.20. The van der Waals surface area contributed by atoms with E-state index in [1.165, 1.54) is 112 Å². The summed E-state index contributed by atoms with van der Waals surface area (Å²) in [7, 11) is 2.90. The number of allylic oxidation sites excluding steroid dienone is 8. The van der Waals surface area contributed by atoms with Crippen molar-refractivity contribution in [1.82, 2.24) is 0 Å². The van der Waals surface area contributed by atoms with Crippen LogP contribution in [-0.2, 0) is 24.5 Å². The zero-order valence-electron chi connectivity index (χ0n) is 60.0. The summed E-state index contributed by atoms with van der Waals surface area (Å²) in [5.41, 5.74) is 35.6. The minimum Gasteiger partial charge on any atom is -0.469 e. The van der Waals surface area contributed by atoms with Gasteiger partial charge in [-0.1, -0.05) is 170 Å². The van der Waals surface area contributed by atoms with E-state index in [-0.39, 0.29) is 11.9 Å². The van der Waals surface area contributed by atoms with Crippen LogP contribution in [-0.4, -0.2) is 36.7 Å². The first kappa shape index (κ1) is 55.3. The lowest BCUT2D eigenvalue weighted by atomic mass is 9.61. The normalized spacial score (nSPS) is 26.7. The average molecular weight is 1400 g/mol. The molecule has 0 spiro atoms. The predicted octanol–water partition coefficient (Wildman–Crippen LogP) is 20.7. The van der Waals surface area contributed by atoms with Crippen molar-refractivity contribution >= 4 is 197 Å². The zero-order chi connectivity index (χ0) is 70.6. The molecule has 2 fully saturated rings. The fraction of sp³-hybridized carbons (Fsp3) is 0.202. The molecule has 13 atom stereocenters. The summed E-state index contributed by atoms with van der Waals surface area (Å²) in [6, 6.07) is 50.9. The third-order valence-electron chi connectivity index (χ3n) is 33.1. The number of benzene rings is 13. The van der Waals surface area contributed by atoms with Crippen LogP contribution < -0.4 is 15.7 Å². The highest BCUT2D eigenvalue weighted by molar-refractivity contribution is 6.59. The van der Waals surface area contributed by atoms with Crippen molar-refractivity contribution in [3.05, 3.63) is 280 Å². The second-order valence-corrected chi connectivity index (χ2v) is 35.9. The summed E-state index contributed by atoms with van der Waals surface area (Å²) < 4.78 is 9.83. The molecule has 0 radical (unpaired) electrons. The number of fused-ring (bicyclic) bond motifs is 8. The Morgan fingerprint density at radius 1 is 0.409 bits per heavy atom. The van der Waals surface area contributed by atoms with Gasteiger partial charge in [0.15, 0.2) is 0 Å². The fourth-order valence-electron chi connectivity index (χ4n) is 30.4. The standard InChI is InChI=1S/C52H30O2.C40H16.C12H14N2O2/c1-54-31(53)8-5-19-52(20-6-3-2-4-7-20)50-30-18-17-28-27-14-13-24-23-10-9-21-22-11-12-25-26-15-16-29(30)39-38(26)43-35(25)34(22)41-32(21)33(23)42-36(24)37(27)44(40(28)50)48-46(42)45(41)47(43)49(48)51(39)52;1-2-12-14-5-6-16-18-9-10-20-19-8-7-17-15-4-3-13-11(1)21-22(12)32-24(14)26(16)34-29(18)30(20)35-28(19)27(17)33-25(15)23(13)31(21)36-37(32)39(34)40(35)38(33)36;1-16-12(15)9-5-8-11(14-13)10-6-3-2-4-7-10/h2-4,6-7,9-18,21,23-24,32-33,36H,5,8,19H2,1H3;1-13,21-23H;2-4,6-7H,5,8-9H2,1H3. The van der Waals surface area contributed by atoms with Gasteiger partial charge in [0, 0.05) is 53.8 Å². The Morgan fingerprint density at radius 2 is 0.936 bits per heavy atom. The van der Waals surface area contributed by atoms with E-state index in [1.54, 1.807) is 163 Å². The molecule has 15 aliphatic rings. The van der Waals surface area contributed by atoms with Crippen LogP contribution in [0.5, 0.6) is 0 Å². The Hall–Kier alpha value is -12.1. The Kier molecular flexibility index (Phi) is 8.64. The minimum absolute atomic E-state index is 0.119. The smallest absolute Gasteiger partial charge is 0.305 e. The molecule has 34 rings (SSSR count). The third-order valence-corrected chi connectivity index (χ3v) is 33.1. The van der Waals surface area contributed by atoms with E-state index in [2.05, 4.69) is 161 Å². The Balaban J connectivity index is 0.0000000943. The van der Waals surface area contributed by atoms with E-state index >= 15 is 0 Å². The van der Waals surface area contributed by atoms with Crippen molar-refractivity contribution in [2.75, 3.05) is 14.2 Å². The molecular weight excluding hydrogens is 1340 g/mol. The topological polar surface area (TPSA) is 89.0 Å². The van der Waals surface area contributed by atoms with Crippen LogP contribution in [0.3, 0.4) is 0 Å². The maximum atomic E-state index is 12.9. The summed E-state index contributed by atoms with van der Waals surface area (Å²) in [5, 5.41) is 51.5.